The van der Waals surface area contributed by atoms with Gasteiger partial charge in [0.2, 0.25) is 0 Å². The molecule has 0 aliphatic carbocycles. The fourth-order valence-electron chi connectivity index (χ4n) is 1.08. The summed E-state index contributed by atoms with van der Waals surface area (Å²) in [6.45, 7) is 4.23. The second-order valence-corrected chi connectivity index (χ2v) is 2.67. The fourth-order valence-corrected chi connectivity index (χ4v) is 1.08. The van der Waals surface area contributed by atoms with Crippen LogP contribution in [0.25, 0.3) is 0 Å². The molecule has 1 aromatic rings. The van der Waals surface area contributed by atoms with Crippen molar-refractivity contribution in [1.29, 1.82) is 5.26 Å². The van der Waals surface area contributed by atoms with Crippen molar-refractivity contribution in [2.24, 2.45) is 0 Å². The molecular weight excluding hydrogens is 160 g/mol. The molecule has 66 valence electrons. The summed E-state index contributed by atoms with van der Waals surface area (Å²) in [6.07, 6.45) is 1.74. The van der Waals surface area contributed by atoms with E-state index in [0.717, 1.165) is 5.56 Å². The lowest BCUT2D eigenvalue weighted by atomic mass is 10.1. The zero-order chi connectivity index (χ0) is 9.52. The van der Waals surface area contributed by atoms with Gasteiger partial charge in [-0.05, 0) is 5.56 Å². The maximum absolute atomic E-state index is 8.86. The highest BCUT2D eigenvalue weighted by atomic mass is 14.9. The Kier molecular flexibility index (Phi) is 3.74. The normalized spacial score (nSPS) is 11.6. The van der Waals surface area contributed by atoms with Crippen LogP contribution < -0.4 is 5.32 Å². The molecule has 1 atom stereocenters. The van der Waals surface area contributed by atoms with Crippen LogP contribution in [0.1, 0.15) is 11.6 Å². The van der Waals surface area contributed by atoms with E-state index in [-0.39, 0.29) is 6.04 Å². The molecule has 13 heavy (non-hydrogen) atoms. The first kappa shape index (κ1) is 9.50. The van der Waals surface area contributed by atoms with E-state index in [0.29, 0.717) is 6.54 Å². The topological polar surface area (TPSA) is 35.8 Å². The van der Waals surface area contributed by atoms with Crippen LogP contribution in [0, 0.1) is 11.3 Å². The molecule has 0 saturated carbocycles. The Balaban J connectivity index is 2.68. The van der Waals surface area contributed by atoms with Crippen LogP contribution >= 0.6 is 0 Å². The van der Waals surface area contributed by atoms with Crippen LogP contribution in [0.15, 0.2) is 43.0 Å². The van der Waals surface area contributed by atoms with Crippen molar-refractivity contribution in [1.82, 2.24) is 5.32 Å². The maximum atomic E-state index is 8.86. The predicted molar refractivity (Wildman–Crippen MR) is 53.0 cm³/mol. The molecule has 0 spiro atoms. The van der Waals surface area contributed by atoms with Crippen molar-refractivity contribution in [3.63, 3.8) is 0 Å². The molecule has 0 unspecified atom stereocenters. The minimum absolute atomic E-state index is 0.237. The predicted octanol–water partition coefficient (Wildman–Crippen LogP) is 2.03. The van der Waals surface area contributed by atoms with Crippen LogP contribution in [0.3, 0.4) is 0 Å². The van der Waals surface area contributed by atoms with Crippen LogP contribution in [-0.4, -0.2) is 6.54 Å². The average molecular weight is 172 g/mol. The average Bonchev–Trinajstić information content (AvgIpc) is 2.21. The van der Waals surface area contributed by atoms with Gasteiger partial charge in [-0.15, -0.1) is 6.58 Å². The highest BCUT2D eigenvalue weighted by Gasteiger charge is 2.06. The summed E-state index contributed by atoms with van der Waals surface area (Å²) >= 11 is 0. The van der Waals surface area contributed by atoms with E-state index in [9.17, 15) is 0 Å². The van der Waals surface area contributed by atoms with Gasteiger partial charge in [-0.1, -0.05) is 36.4 Å². The second kappa shape index (κ2) is 5.13. The van der Waals surface area contributed by atoms with Crippen LogP contribution in [-0.2, 0) is 0 Å². The number of benzene rings is 1. The second-order valence-electron chi connectivity index (χ2n) is 2.67. The van der Waals surface area contributed by atoms with Gasteiger partial charge in [0, 0.05) is 6.54 Å². The summed E-state index contributed by atoms with van der Waals surface area (Å²) in [5.41, 5.74) is 0.992. The molecule has 0 heterocycles. The van der Waals surface area contributed by atoms with Crippen molar-refractivity contribution >= 4 is 0 Å². The monoisotopic (exact) mass is 172 g/mol. The molecule has 0 radical (unpaired) electrons. The summed E-state index contributed by atoms with van der Waals surface area (Å²) < 4.78 is 0. The van der Waals surface area contributed by atoms with Gasteiger partial charge >= 0.3 is 0 Å². The van der Waals surface area contributed by atoms with E-state index < -0.39 is 0 Å². The largest absolute Gasteiger partial charge is 0.295 e. The summed E-state index contributed by atoms with van der Waals surface area (Å²) in [5, 5.41) is 11.9. The molecule has 0 aliphatic rings. The summed E-state index contributed by atoms with van der Waals surface area (Å²) in [5.74, 6) is 0. The first-order valence-corrected chi connectivity index (χ1v) is 4.17. The lowest BCUT2D eigenvalue weighted by molar-refractivity contribution is 0.683. The Labute approximate surface area is 78.5 Å². The van der Waals surface area contributed by atoms with E-state index >= 15 is 0 Å². The molecule has 0 saturated heterocycles. The van der Waals surface area contributed by atoms with Gasteiger partial charge in [-0.2, -0.15) is 5.26 Å². The molecular formula is C11H12N2. The quantitative estimate of drug-likeness (QED) is 0.705. The Hall–Kier alpha value is -1.59. The summed E-state index contributed by atoms with van der Waals surface area (Å²) in [7, 11) is 0. The molecule has 0 fully saturated rings. The van der Waals surface area contributed by atoms with Crippen molar-refractivity contribution in [2.75, 3.05) is 6.54 Å². The van der Waals surface area contributed by atoms with Gasteiger partial charge in [-0.25, -0.2) is 0 Å². The standard InChI is InChI=1S/C11H12N2/c1-2-8-13-11(9-12)10-6-4-3-5-7-10/h2-7,11,13H,1,8H2/t11-/m1/s1. The molecule has 0 aromatic heterocycles. The SMILES string of the molecule is C=CCN[C@H](C#N)c1ccccc1. The zero-order valence-corrected chi connectivity index (χ0v) is 7.40. The molecule has 2 nitrogen and oxygen atoms in total. The molecule has 1 aromatic carbocycles. The zero-order valence-electron chi connectivity index (χ0n) is 7.40. The van der Waals surface area contributed by atoms with Crippen LogP contribution in [0.2, 0.25) is 0 Å². The van der Waals surface area contributed by atoms with E-state index in [1.54, 1.807) is 6.08 Å². The fraction of sp³-hybridized carbons (Fsp3) is 0.182. The summed E-state index contributed by atoms with van der Waals surface area (Å²) in [6, 6.07) is 11.6. The number of hydrogen-bond donors (Lipinski definition) is 1. The van der Waals surface area contributed by atoms with Gasteiger partial charge in [0.25, 0.3) is 0 Å². The Bertz CT molecular complexity index is 298. The minimum atomic E-state index is -0.237. The Morgan fingerprint density at radius 2 is 2.15 bits per heavy atom. The van der Waals surface area contributed by atoms with Crippen LogP contribution in [0.4, 0.5) is 0 Å². The lowest BCUT2D eigenvalue weighted by Crippen LogP contribution is -2.19. The number of hydrogen-bond acceptors (Lipinski definition) is 2. The Morgan fingerprint density at radius 1 is 1.46 bits per heavy atom. The number of nitriles is 1. The highest BCUT2D eigenvalue weighted by molar-refractivity contribution is 5.23. The number of nitrogens with zero attached hydrogens (tertiary/aromatic N) is 1. The van der Waals surface area contributed by atoms with Gasteiger partial charge in [0.05, 0.1) is 6.07 Å². The first-order chi connectivity index (χ1) is 6.38. The Morgan fingerprint density at radius 3 is 2.69 bits per heavy atom. The third-order valence-corrected chi connectivity index (χ3v) is 1.73. The number of rotatable bonds is 4. The molecule has 1 rings (SSSR count). The minimum Gasteiger partial charge on any atom is -0.295 e. The van der Waals surface area contributed by atoms with Crippen molar-refractivity contribution in [3.8, 4) is 6.07 Å². The van der Waals surface area contributed by atoms with Crippen molar-refractivity contribution in [2.45, 2.75) is 6.04 Å². The van der Waals surface area contributed by atoms with Gasteiger partial charge in [0.15, 0.2) is 0 Å². The van der Waals surface area contributed by atoms with Crippen LogP contribution in [0.5, 0.6) is 0 Å². The van der Waals surface area contributed by atoms with E-state index in [2.05, 4.69) is 18.0 Å². The third kappa shape index (κ3) is 2.73. The van der Waals surface area contributed by atoms with Gasteiger partial charge < -0.3 is 0 Å². The third-order valence-electron chi connectivity index (χ3n) is 1.73. The maximum Gasteiger partial charge on any atom is 0.121 e. The lowest BCUT2D eigenvalue weighted by Gasteiger charge is -2.09. The van der Waals surface area contributed by atoms with Crippen molar-refractivity contribution < 1.29 is 0 Å². The van der Waals surface area contributed by atoms with Crippen molar-refractivity contribution in [3.05, 3.63) is 48.6 Å². The van der Waals surface area contributed by atoms with E-state index in [1.165, 1.54) is 0 Å². The smallest absolute Gasteiger partial charge is 0.121 e. The molecule has 2 heteroatoms. The highest BCUT2D eigenvalue weighted by Crippen LogP contribution is 2.10. The molecule has 1 N–H and O–H groups in total. The number of nitrogens with one attached hydrogen (secondary N) is 1. The summed E-state index contributed by atoms with van der Waals surface area (Å²) in [4.78, 5) is 0. The van der Waals surface area contributed by atoms with Gasteiger partial charge in [-0.3, -0.25) is 5.32 Å². The molecule has 0 aliphatic heterocycles. The molecule has 0 amide bonds. The van der Waals surface area contributed by atoms with E-state index in [4.69, 9.17) is 5.26 Å². The van der Waals surface area contributed by atoms with Gasteiger partial charge in [0.1, 0.15) is 6.04 Å². The van der Waals surface area contributed by atoms with E-state index in [1.807, 2.05) is 30.3 Å². The first-order valence-electron chi connectivity index (χ1n) is 4.17. The molecule has 0 bridgehead atoms.